The van der Waals surface area contributed by atoms with E-state index in [1.54, 1.807) is 0 Å². The molecule has 0 saturated heterocycles. The molecule has 6 rings (SSSR count). The first kappa shape index (κ1) is 38.8. The van der Waals surface area contributed by atoms with Crippen LogP contribution in [0.5, 0.6) is 23.0 Å². The van der Waals surface area contributed by atoms with Gasteiger partial charge in [-0.25, -0.2) is 0 Å². The van der Waals surface area contributed by atoms with Crippen LogP contribution in [-0.4, -0.2) is 0 Å². The molecule has 0 aromatic heterocycles. The minimum absolute atomic E-state index is 0.0336. The number of anilines is 2. The second-order valence-electron chi connectivity index (χ2n) is 16.4. The lowest BCUT2D eigenvalue weighted by molar-refractivity contribution is 0.140. The molecule has 0 aliphatic heterocycles. The predicted octanol–water partition coefficient (Wildman–Crippen LogP) is 14.4. The fourth-order valence-corrected chi connectivity index (χ4v) is 9.51. The predicted molar refractivity (Wildman–Crippen MR) is 224 cm³/mol. The van der Waals surface area contributed by atoms with Crippen molar-refractivity contribution in [1.29, 1.82) is 0 Å². The van der Waals surface area contributed by atoms with Crippen LogP contribution in [0.15, 0.2) is 97.1 Å². The summed E-state index contributed by atoms with van der Waals surface area (Å²) in [7, 11) is 0. The third-order valence-corrected chi connectivity index (χ3v) is 12.7. The summed E-state index contributed by atoms with van der Waals surface area (Å²) in [5.74, 6) is 5.88. The van der Waals surface area contributed by atoms with Gasteiger partial charge in [0.25, 0.3) is 0 Å². The molecule has 0 heterocycles. The SMILES string of the molecule is CCCCCCCCCCCCC[C@H]1CC[C@@H](C2CCC(c3ccc(Oc4cccc(N)c4)cc3)(c3ccc(Oc4cccc(N)c4)cc3)CC2)CC1. The van der Waals surface area contributed by atoms with E-state index in [1.165, 1.54) is 140 Å². The standard InChI is InChI=1S/C49H66N2O2/c1-2-3-4-5-6-7-8-9-10-11-12-15-38-20-22-39(23-21-38)40-32-34-49(35-33-40,41-24-28-45(29-25-41)52-47-18-13-16-43(50)36-47)42-26-30-46(31-27-42)53-48-19-14-17-44(51)37-48/h13-14,16-19,24-31,36-40H,2-12,15,20-23,32-35,50-51H2,1H3/t38-,39+. The Morgan fingerprint density at radius 3 is 1.38 bits per heavy atom. The van der Waals surface area contributed by atoms with Gasteiger partial charge < -0.3 is 20.9 Å². The average molecular weight is 715 g/mol. The van der Waals surface area contributed by atoms with Gasteiger partial charge >= 0.3 is 0 Å². The monoisotopic (exact) mass is 715 g/mol. The van der Waals surface area contributed by atoms with Crippen LogP contribution in [0.3, 0.4) is 0 Å². The lowest BCUT2D eigenvalue weighted by Gasteiger charge is -2.44. The van der Waals surface area contributed by atoms with Crippen LogP contribution in [0, 0.1) is 17.8 Å². The molecular weight excluding hydrogens is 649 g/mol. The van der Waals surface area contributed by atoms with Crippen molar-refractivity contribution in [2.75, 3.05) is 11.5 Å². The zero-order valence-electron chi connectivity index (χ0n) is 32.6. The second-order valence-corrected chi connectivity index (χ2v) is 16.4. The van der Waals surface area contributed by atoms with Gasteiger partial charge in [-0.3, -0.25) is 0 Å². The van der Waals surface area contributed by atoms with Crippen LogP contribution < -0.4 is 20.9 Å². The Balaban J connectivity index is 1.03. The molecular formula is C49H66N2O2. The molecule has 284 valence electrons. The molecule has 0 spiro atoms. The van der Waals surface area contributed by atoms with Crippen molar-refractivity contribution < 1.29 is 9.47 Å². The third-order valence-electron chi connectivity index (χ3n) is 12.7. The fraction of sp³-hybridized carbons (Fsp3) is 0.510. The van der Waals surface area contributed by atoms with Crippen LogP contribution in [0.4, 0.5) is 11.4 Å². The molecule has 0 radical (unpaired) electrons. The molecule has 53 heavy (non-hydrogen) atoms. The van der Waals surface area contributed by atoms with E-state index >= 15 is 0 Å². The Kier molecular flexibility index (Phi) is 14.6. The summed E-state index contributed by atoms with van der Waals surface area (Å²) in [4.78, 5) is 0. The zero-order valence-corrected chi connectivity index (χ0v) is 32.6. The highest BCUT2D eigenvalue weighted by atomic mass is 16.5. The van der Waals surface area contributed by atoms with Crippen LogP contribution in [-0.2, 0) is 5.41 Å². The van der Waals surface area contributed by atoms with Crippen molar-refractivity contribution in [3.63, 3.8) is 0 Å². The van der Waals surface area contributed by atoms with E-state index in [-0.39, 0.29) is 5.41 Å². The fourth-order valence-electron chi connectivity index (χ4n) is 9.51. The lowest BCUT2D eigenvalue weighted by Crippen LogP contribution is -2.35. The highest BCUT2D eigenvalue weighted by Gasteiger charge is 2.41. The van der Waals surface area contributed by atoms with E-state index in [2.05, 4.69) is 55.5 Å². The highest BCUT2D eigenvalue weighted by Crippen LogP contribution is 2.51. The first-order valence-corrected chi connectivity index (χ1v) is 21.3. The van der Waals surface area contributed by atoms with Crippen molar-refractivity contribution in [2.45, 2.75) is 141 Å². The number of unbranched alkanes of at least 4 members (excludes halogenated alkanes) is 10. The average Bonchev–Trinajstić information content (AvgIpc) is 3.18. The lowest BCUT2D eigenvalue weighted by atomic mass is 9.60. The third kappa shape index (κ3) is 11.3. The molecule has 4 nitrogen and oxygen atoms in total. The van der Waals surface area contributed by atoms with E-state index in [0.29, 0.717) is 11.4 Å². The number of hydrogen-bond acceptors (Lipinski definition) is 4. The number of nitrogens with two attached hydrogens (primary N) is 2. The molecule has 2 aliphatic carbocycles. The van der Waals surface area contributed by atoms with Crippen LogP contribution >= 0.6 is 0 Å². The summed E-state index contributed by atoms with van der Waals surface area (Å²) in [5, 5.41) is 0. The molecule has 4 aromatic carbocycles. The van der Waals surface area contributed by atoms with E-state index in [9.17, 15) is 0 Å². The Hall–Kier alpha value is -3.92. The molecule has 0 unspecified atom stereocenters. The van der Waals surface area contributed by atoms with Crippen molar-refractivity contribution >= 4 is 11.4 Å². The number of hydrogen-bond donors (Lipinski definition) is 2. The van der Waals surface area contributed by atoms with Gasteiger partial charge in [0.1, 0.15) is 23.0 Å². The normalized spacial score (nSPS) is 18.8. The largest absolute Gasteiger partial charge is 0.457 e. The van der Waals surface area contributed by atoms with Gasteiger partial charge in [0.2, 0.25) is 0 Å². The molecule has 2 fully saturated rings. The Labute approximate surface area is 321 Å². The summed E-state index contributed by atoms with van der Waals surface area (Å²) in [6.45, 7) is 2.30. The van der Waals surface area contributed by atoms with E-state index in [1.807, 2.05) is 48.5 Å². The molecule has 0 atom stereocenters. The van der Waals surface area contributed by atoms with E-state index < -0.39 is 0 Å². The quantitative estimate of drug-likeness (QED) is 0.0749. The molecule has 4 aromatic rings. The topological polar surface area (TPSA) is 70.5 Å². The summed E-state index contributed by atoms with van der Waals surface area (Å²) in [5.41, 5.74) is 16.1. The van der Waals surface area contributed by atoms with Gasteiger partial charge in [-0.2, -0.15) is 0 Å². The summed E-state index contributed by atoms with van der Waals surface area (Å²) < 4.78 is 12.4. The van der Waals surface area contributed by atoms with Gasteiger partial charge in [-0.1, -0.05) is 133 Å². The molecule has 2 saturated carbocycles. The number of rotatable bonds is 19. The molecule has 4 N–H and O–H groups in total. The minimum atomic E-state index is -0.0336. The van der Waals surface area contributed by atoms with E-state index in [4.69, 9.17) is 20.9 Å². The Morgan fingerprint density at radius 2 is 0.925 bits per heavy atom. The second kappa shape index (κ2) is 20.0. The van der Waals surface area contributed by atoms with Crippen molar-refractivity contribution in [3.8, 4) is 23.0 Å². The summed E-state index contributed by atoms with van der Waals surface area (Å²) in [6, 6.07) is 32.9. The van der Waals surface area contributed by atoms with Crippen molar-refractivity contribution in [2.24, 2.45) is 17.8 Å². The van der Waals surface area contributed by atoms with E-state index in [0.717, 1.165) is 40.8 Å². The summed E-state index contributed by atoms with van der Waals surface area (Å²) >= 11 is 0. The van der Waals surface area contributed by atoms with Gasteiger partial charge in [0.15, 0.2) is 0 Å². The molecule has 2 aliphatic rings. The first-order chi connectivity index (χ1) is 26.0. The maximum atomic E-state index is 6.18. The zero-order chi connectivity index (χ0) is 36.7. The van der Waals surface area contributed by atoms with Gasteiger partial charge in [-0.05, 0) is 116 Å². The minimum Gasteiger partial charge on any atom is -0.457 e. The smallest absolute Gasteiger partial charge is 0.129 e. The van der Waals surface area contributed by atoms with Crippen LogP contribution in [0.1, 0.15) is 146 Å². The van der Waals surface area contributed by atoms with Crippen LogP contribution in [0.25, 0.3) is 0 Å². The Bertz CT molecular complexity index is 1540. The number of ether oxygens (including phenoxy) is 2. The maximum absolute atomic E-state index is 6.18. The van der Waals surface area contributed by atoms with Gasteiger partial charge in [0.05, 0.1) is 0 Å². The number of nitrogen functional groups attached to an aromatic ring is 2. The molecule has 0 amide bonds. The first-order valence-electron chi connectivity index (χ1n) is 21.3. The summed E-state index contributed by atoms with van der Waals surface area (Å²) in [6.07, 6.45) is 28.0. The van der Waals surface area contributed by atoms with Gasteiger partial charge in [0, 0.05) is 28.9 Å². The number of benzene rings is 4. The van der Waals surface area contributed by atoms with Crippen LogP contribution in [0.2, 0.25) is 0 Å². The molecule has 0 bridgehead atoms. The van der Waals surface area contributed by atoms with Gasteiger partial charge in [-0.15, -0.1) is 0 Å². The maximum Gasteiger partial charge on any atom is 0.129 e. The van der Waals surface area contributed by atoms with Crippen molar-refractivity contribution in [1.82, 2.24) is 0 Å². The van der Waals surface area contributed by atoms with Crippen molar-refractivity contribution in [3.05, 3.63) is 108 Å². The Morgan fingerprint density at radius 1 is 0.491 bits per heavy atom. The molecule has 4 heteroatoms. The highest BCUT2D eigenvalue weighted by molar-refractivity contribution is 5.48.